The average molecular weight is 676 g/mol. The number of nitrogens with zero attached hydrogens (tertiary/aromatic N) is 7. The Morgan fingerprint density at radius 1 is 1.21 bits per heavy atom. The van der Waals surface area contributed by atoms with Gasteiger partial charge in [-0.05, 0) is 77.7 Å². The Labute approximate surface area is 284 Å². The summed E-state index contributed by atoms with van der Waals surface area (Å²) in [4.78, 5) is 34.9. The summed E-state index contributed by atoms with van der Waals surface area (Å²) in [6.07, 6.45) is 4.17. The van der Waals surface area contributed by atoms with Gasteiger partial charge in [-0.2, -0.15) is 0 Å². The van der Waals surface area contributed by atoms with Crippen molar-refractivity contribution >= 4 is 18.2 Å². The maximum atomic E-state index is 14.3. The van der Waals surface area contributed by atoms with Gasteiger partial charge in [0.1, 0.15) is 17.9 Å². The third-order valence-corrected chi connectivity index (χ3v) is 9.15. The van der Waals surface area contributed by atoms with Crippen LogP contribution in [0.1, 0.15) is 64.2 Å². The molecule has 0 saturated carbocycles. The number of amides is 1. The van der Waals surface area contributed by atoms with E-state index in [1.54, 1.807) is 12.0 Å². The summed E-state index contributed by atoms with van der Waals surface area (Å²) in [5.41, 5.74) is 0.318. The zero-order valence-corrected chi connectivity index (χ0v) is 29.5. The molecule has 0 bridgehead atoms. The van der Waals surface area contributed by atoms with Crippen molar-refractivity contribution < 1.29 is 33.7 Å². The van der Waals surface area contributed by atoms with Crippen LogP contribution in [-0.2, 0) is 9.53 Å². The molecule has 4 rings (SSSR count). The molecule has 1 aromatic heterocycles. The van der Waals surface area contributed by atoms with Crippen LogP contribution in [0.4, 0.5) is 10.2 Å². The predicted molar refractivity (Wildman–Crippen MR) is 181 cm³/mol. The first-order chi connectivity index (χ1) is 22.9. The minimum absolute atomic E-state index is 0.0491. The molecule has 0 radical (unpaired) electrons. The van der Waals surface area contributed by atoms with Gasteiger partial charge in [-0.1, -0.05) is 13.8 Å². The molecule has 2 atom stereocenters. The zero-order valence-electron chi connectivity index (χ0n) is 29.5. The second-order valence-corrected chi connectivity index (χ2v) is 13.5. The smallest absolute Gasteiger partial charge is 0.290 e. The number of benzene rings is 1. The van der Waals surface area contributed by atoms with Crippen molar-refractivity contribution in [1.82, 2.24) is 29.9 Å². The number of aromatic nitrogens is 3. The number of carboxylic acid groups (broad SMARTS) is 1. The monoisotopic (exact) mass is 675 g/mol. The highest BCUT2D eigenvalue weighted by Gasteiger charge is 2.50. The Bertz CT molecular complexity index is 1310. The maximum absolute atomic E-state index is 14.3. The van der Waals surface area contributed by atoms with Gasteiger partial charge in [0.2, 0.25) is 0 Å². The minimum atomic E-state index is -0.508. The lowest BCUT2D eigenvalue weighted by atomic mass is 9.76. The molecule has 13 nitrogen and oxygen atoms in total. The summed E-state index contributed by atoms with van der Waals surface area (Å²) >= 11 is 0. The number of hydrogen-bond acceptors (Lipinski definition) is 11. The normalized spacial score (nSPS) is 16.9. The number of halogens is 1. The third kappa shape index (κ3) is 10.3. The number of carbonyl (C=O) groups excluding carboxylic acids is 1. The van der Waals surface area contributed by atoms with Gasteiger partial charge in [-0.15, -0.1) is 10.2 Å². The van der Waals surface area contributed by atoms with Crippen LogP contribution in [0.15, 0.2) is 24.5 Å². The number of aliphatic hydroxyl groups is 1. The van der Waals surface area contributed by atoms with Crippen LogP contribution in [-0.4, -0.2) is 137 Å². The number of likely N-dealkylation sites (N-methyl/N-ethyl adjacent to an activating group) is 1. The number of rotatable bonds is 16. The Kier molecular flexibility index (Phi) is 14.9. The maximum Gasteiger partial charge on any atom is 0.290 e. The molecule has 14 heteroatoms. The number of anilines is 1. The predicted octanol–water partition coefficient (Wildman–Crippen LogP) is 3.63. The fourth-order valence-corrected chi connectivity index (χ4v) is 6.93. The average Bonchev–Trinajstić information content (AvgIpc) is 3.46. The van der Waals surface area contributed by atoms with Crippen molar-refractivity contribution in [1.29, 1.82) is 0 Å². The molecule has 2 saturated heterocycles. The van der Waals surface area contributed by atoms with Crippen molar-refractivity contribution in [3.63, 3.8) is 0 Å². The summed E-state index contributed by atoms with van der Waals surface area (Å²) in [6.45, 7) is 16.2. The molecular formula is C34H54FN7O6. The van der Waals surface area contributed by atoms with Crippen molar-refractivity contribution in [2.24, 2.45) is 11.3 Å². The van der Waals surface area contributed by atoms with Gasteiger partial charge in [-0.3, -0.25) is 14.5 Å². The van der Waals surface area contributed by atoms with E-state index in [2.05, 4.69) is 50.8 Å². The second kappa shape index (κ2) is 18.3. The molecule has 2 fully saturated rings. The minimum Gasteiger partial charge on any atom is -0.483 e. The SMILES string of the molecule is CCN(C(=O)c1cc(F)ccc1Oc1nncnc1N1CCC2(C1)CN([C@H](CCCN(C)C[C@H](O)COC)C(C)C)C2)C(C)C.O=CO. The zero-order chi connectivity index (χ0) is 35.4. The fraction of sp³-hybridized carbons (Fsp3) is 0.676. The first kappa shape index (κ1) is 39.0. The van der Waals surface area contributed by atoms with E-state index in [4.69, 9.17) is 19.4 Å². The summed E-state index contributed by atoms with van der Waals surface area (Å²) in [5, 5.41) is 25.1. The second-order valence-electron chi connectivity index (χ2n) is 13.5. The first-order valence-corrected chi connectivity index (χ1v) is 16.8. The highest BCUT2D eigenvalue weighted by molar-refractivity contribution is 5.97. The van der Waals surface area contributed by atoms with E-state index in [0.29, 0.717) is 37.5 Å². The van der Waals surface area contributed by atoms with Crippen LogP contribution in [0, 0.1) is 17.2 Å². The Hall–Kier alpha value is -3.46. The Morgan fingerprint density at radius 3 is 2.54 bits per heavy atom. The lowest BCUT2D eigenvalue weighted by molar-refractivity contribution is -0.122. The number of carbonyl (C=O) groups is 2. The summed E-state index contributed by atoms with van der Waals surface area (Å²) in [7, 11) is 3.66. The van der Waals surface area contributed by atoms with Gasteiger partial charge in [0.05, 0.1) is 18.3 Å². The number of aliphatic hydroxyl groups excluding tert-OH is 1. The Morgan fingerprint density at radius 2 is 1.92 bits per heavy atom. The fourth-order valence-electron chi connectivity index (χ4n) is 6.93. The van der Waals surface area contributed by atoms with Crippen LogP contribution in [0.2, 0.25) is 0 Å². The lowest BCUT2D eigenvalue weighted by Crippen LogP contribution is -2.62. The molecule has 3 heterocycles. The van der Waals surface area contributed by atoms with Gasteiger partial charge in [0.25, 0.3) is 18.3 Å². The standard InChI is InChI=1S/C33H52FN7O4.CH2O2/c1-8-41(24(4)5)32(43)27-16-25(34)11-12-29(27)45-31-30(35-22-36-37-31)39-15-13-33(19-39)20-40(21-33)28(23(2)3)10-9-14-38(6)17-26(42)18-44-7;2-1-3/h11-12,16,22-24,26,28,42H,8-10,13-15,17-21H2,1-7H3;1H,(H,2,3)/t26-,28+;/m0./s1. The third-order valence-electron chi connectivity index (χ3n) is 9.15. The van der Waals surface area contributed by atoms with Gasteiger partial charge in [-0.25, -0.2) is 9.37 Å². The van der Waals surface area contributed by atoms with Crippen LogP contribution >= 0.6 is 0 Å². The number of hydrogen-bond donors (Lipinski definition) is 2. The van der Waals surface area contributed by atoms with E-state index >= 15 is 0 Å². The largest absolute Gasteiger partial charge is 0.483 e. The molecule has 1 spiro atoms. The van der Waals surface area contributed by atoms with E-state index in [0.717, 1.165) is 52.0 Å². The van der Waals surface area contributed by atoms with Gasteiger partial charge >= 0.3 is 0 Å². The van der Waals surface area contributed by atoms with Crippen LogP contribution in [0.5, 0.6) is 11.6 Å². The molecule has 2 aliphatic heterocycles. The van der Waals surface area contributed by atoms with E-state index in [1.807, 2.05) is 20.8 Å². The molecule has 48 heavy (non-hydrogen) atoms. The summed E-state index contributed by atoms with van der Waals surface area (Å²) in [6, 6.07) is 4.42. The van der Waals surface area contributed by atoms with Crippen molar-refractivity contribution in [2.45, 2.75) is 72.1 Å². The van der Waals surface area contributed by atoms with Crippen LogP contribution < -0.4 is 9.64 Å². The highest BCUT2D eigenvalue weighted by atomic mass is 19.1. The van der Waals surface area contributed by atoms with Crippen LogP contribution in [0.3, 0.4) is 0 Å². The molecule has 2 aliphatic rings. The molecule has 2 N–H and O–H groups in total. The summed E-state index contributed by atoms with van der Waals surface area (Å²) < 4.78 is 25.5. The molecule has 0 aliphatic carbocycles. The molecule has 268 valence electrons. The van der Waals surface area contributed by atoms with E-state index in [9.17, 15) is 14.3 Å². The highest BCUT2D eigenvalue weighted by Crippen LogP contribution is 2.44. The number of methoxy groups -OCH3 is 1. The quantitative estimate of drug-likeness (QED) is 0.251. The van der Waals surface area contributed by atoms with Crippen LogP contribution in [0.25, 0.3) is 0 Å². The van der Waals surface area contributed by atoms with E-state index < -0.39 is 11.9 Å². The first-order valence-electron chi connectivity index (χ1n) is 16.8. The van der Waals surface area contributed by atoms with Crippen molar-refractivity contribution in [3.05, 3.63) is 35.9 Å². The molecular weight excluding hydrogens is 621 g/mol. The Balaban J connectivity index is 0.00000201. The molecule has 1 amide bonds. The summed E-state index contributed by atoms with van der Waals surface area (Å²) in [5.74, 6) is 0.752. The molecule has 1 aromatic carbocycles. The van der Waals surface area contributed by atoms with Gasteiger partial charge in [0, 0.05) is 63.9 Å². The van der Waals surface area contributed by atoms with Crippen molar-refractivity contribution in [2.75, 3.05) is 71.5 Å². The van der Waals surface area contributed by atoms with E-state index in [-0.39, 0.29) is 41.0 Å². The van der Waals surface area contributed by atoms with E-state index in [1.165, 1.54) is 24.5 Å². The van der Waals surface area contributed by atoms with Crippen molar-refractivity contribution in [3.8, 4) is 11.6 Å². The topological polar surface area (TPSA) is 145 Å². The number of likely N-dealkylation sites (tertiary alicyclic amines) is 1. The molecule has 2 aromatic rings. The van der Waals surface area contributed by atoms with Gasteiger partial charge < -0.3 is 34.4 Å². The molecule has 0 unspecified atom stereocenters. The number of ether oxygens (including phenoxy) is 2. The lowest BCUT2D eigenvalue weighted by Gasteiger charge is -2.53. The van der Waals surface area contributed by atoms with Gasteiger partial charge in [0.15, 0.2) is 5.82 Å².